The second-order valence-corrected chi connectivity index (χ2v) is 4.62. The number of amides is 1. The number of aromatic nitrogens is 2. The van der Waals surface area contributed by atoms with Crippen molar-refractivity contribution < 1.29 is 4.79 Å². The number of rotatable bonds is 1. The van der Waals surface area contributed by atoms with Crippen LogP contribution in [-0.2, 0) is 13.0 Å². The van der Waals surface area contributed by atoms with Crippen LogP contribution in [0.2, 0.25) is 0 Å². The maximum Gasteiger partial charge on any atom is 0.254 e. The van der Waals surface area contributed by atoms with Gasteiger partial charge in [0.25, 0.3) is 5.91 Å². The van der Waals surface area contributed by atoms with Gasteiger partial charge in [-0.2, -0.15) is 0 Å². The van der Waals surface area contributed by atoms with Crippen LogP contribution >= 0.6 is 0 Å². The van der Waals surface area contributed by atoms with Crippen LogP contribution in [0.3, 0.4) is 0 Å². The van der Waals surface area contributed by atoms with Crippen LogP contribution in [0.5, 0.6) is 0 Å². The van der Waals surface area contributed by atoms with Gasteiger partial charge in [0.1, 0.15) is 0 Å². The fourth-order valence-corrected chi connectivity index (χ4v) is 2.37. The third kappa shape index (κ3) is 1.79. The highest BCUT2D eigenvalue weighted by Crippen LogP contribution is 2.18. The van der Waals surface area contributed by atoms with Crippen molar-refractivity contribution in [1.82, 2.24) is 14.9 Å². The summed E-state index contributed by atoms with van der Waals surface area (Å²) in [5.41, 5.74) is 3.96. The molecule has 1 aromatic heterocycles. The molecular weight excluding hydrogens is 226 g/mol. The molecule has 1 aliphatic heterocycles. The minimum Gasteiger partial charge on any atom is -0.347 e. The summed E-state index contributed by atoms with van der Waals surface area (Å²) in [5, 5.41) is 0. The van der Waals surface area contributed by atoms with Crippen molar-refractivity contribution in [3.63, 3.8) is 0 Å². The summed E-state index contributed by atoms with van der Waals surface area (Å²) in [6.45, 7) is 3.34. The van der Waals surface area contributed by atoms with E-state index in [0.717, 1.165) is 35.5 Å². The molecule has 1 amide bonds. The van der Waals surface area contributed by atoms with E-state index in [1.54, 1.807) is 6.33 Å². The second-order valence-electron chi connectivity index (χ2n) is 4.62. The Morgan fingerprint density at radius 1 is 1.39 bits per heavy atom. The molecule has 3 rings (SSSR count). The van der Waals surface area contributed by atoms with E-state index in [0.29, 0.717) is 6.54 Å². The molecule has 1 aromatic carbocycles. The molecule has 0 unspecified atom stereocenters. The topological polar surface area (TPSA) is 49.0 Å². The SMILES string of the molecule is Cc1ccccc1C(=O)N1CCc2nc[nH]c2C1. The highest BCUT2D eigenvalue weighted by Gasteiger charge is 2.23. The molecule has 0 aliphatic carbocycles. The Morgan fingerprint density at radius 3 is 3.06 bits per heavy atom. The number of carbonyl (C=O) groups is 1. The lowest BCUT2D eigenvalue weighted by atomic mass is 10.1. The number of imidazole rings is 1. The quantitative estimate of drug-likeness (QED) is 0.829. The van der Waals surface area contributed by atoms with Crippen molar-refractivity contribution >= 4 is 5.91 Å². The van der Waals surface area contributed by atoms with Crippen molar-refractivity contribution in [3.05, 3.63) is 53.1 Å². The predicted octanol–water partition coefficient (Wildman–Crippen LogP) is 1.92. The fraction of sp³-hybridized carbons (Fsp3) is 0.286. The summed E-state index contributed by atoms with van der Waals surface area (Å²) in [7, 11) is 0. The van der Waals surface area contributed by atoms with Crippen LogP contribution in [0.1, 0.15) is 27.3 Å². The van der Waals surface area contributed by atoms with Crippen molar-refractivity contribution in [3.8, 4) is 0 Å². The number of fused-ring (bicyclic) bond motifs is 1. The normalized spacial score (nSPS) is 14.4. The maximum atomic E-state index is 12.4. The van der Waals surface area contributed by atoms with Gasteiger partial charge in [-0.15, -0.1) is 0 Å². The Morgan fingerprint density at radius 2 is 2.22 bits per heavy atom. The van der Waals surface area contributed by atoms with Gasteiger partial charge < -0.3 is 9.88 Å². The zero-order valence-electron chi connectivity index (χ0n) is 10.3. The largest absolute Gasteiger partial charge is 0.347 e. The van der Waals surface area contributed by atoms with Gasteiger partial charge in [-0.25, -0.2) is 4.98 Å². The monoisotopic (exact) mass is 241 g/mol. The first-order chi connectivity index (χ1) is 8.75. The summed E-state index contributed by atoms with van der Waals surface area (Å²) in [6.07, 6.45) is 2.53. The fourth-order valence-electron chi connectivity index (χ4n) is 2.37. The highest BCUT2D eigenvalue weighted by molar-refractivity contribution is 5.95. The average molecular weight is 241 g/mol. The van der Waals surface area contributed by atoms with E-state index in [2.05, 4.69) is 9.97 Å². The van der Waals surface area contributed by atoms with Gasteiger partial charge in [0.15, 0.2) is 0 Å². The Kier molecular flexibility index (Phi) is 2.63. The minimum atomic E-state index is 0.105. The van der Waals surface area contributed by atoms with Gasteiger partial charge in [0.2, 0.25) is 0 Å². The number of nitrogens with one attached hydrogen (secondary N) is 1. The zero-order valence-corrected chi connectivity index (χ0v) is 10.3. The summed E-state index contributed by atoms with van der Waals surface area (Å²) < 4.78 is 0. The molecule has 4 nitrogen and oxygen atoms in total. The molecule has 0 atom stereocenters. The molecule has 0 bridgehead atoms. The zero-order chi connectivity index (χ0) is 12.5. The van der Waals surface area contributed by atoms with Crippen LogP contribution in [-0.4, -0.2) is 27.3 Å². The number of hydrogen-bond donors (Lipinski definition) is 1. The summed E-state index contributed by atoms with van der Waals surface area (Å²) in [4.78, 5) is 21.7. The van der Waals surface area contributed by atoms with Crippen molar-refractivity contribution in [2.24, 2.45) is 0 Å². The number of benzene rings is 1. The molecule has 0 saturated carbocycles. The number of H-pyrrole nitrogens is 1. The number of aryl methyl sites for hydroxylation is 1. The van der Waals surface area contributed by atoms with Crippen molar-refractivity contribution in [2.75, 3.05) is 6.54 Å². The standard InChI is InChI=1S/C14H15N3O/c1-10-4-2-3-5-11(10)14(18)17-7-6-12-13(8-17)16-9-15-12/h2-5,9H,6-8H2,1H3,(H,15,16). The van der Waals surface area contributed by atoms with E-state index in [4.69, 9.17) is 0 Å². The van der Waals surface area contributed by atoms with Crippen LogP contribution in [0, 0.1) is 6.92 Å². The van der Waals surface area contributed by atoms with Crippen molar-refractivity contribution in [1.29, 1.82) is 0 Å². The Balaban J connectivity index is 1.85. The summed E-state index contributed by atoms with van der Waals surface area (Å²) in [6, 6.07) is 7.72. The number of aromatic amines is 1. The summed E-state index contributed by atoms with van der Waals surface area (Å²) in [5.74, 6) is 0.105. The van der Waals surface area contributed by atoms with E-state index in [1.165, 1.54) is 0 Å². The number of hydrogen-bond acceptors (Lipinski definition) is 2. The first-order valence-electron chi connectivity index (χ1n) is 6.12. The van der Waals surface area contributed by atoms with Crippen LogP contribution in [0.4, 0.5) is 0 Å². The molecule has 0 saturated heterocycles. The lowest BCUT2D eigenvalue weighted by Gasteiger charge is -2.26. The van der Waals surface area contributed by atoms with Gasteiger partial charge in [0, 0.05) is 18.5 Å². The van der Waals surface area contributed by atoms with Crippen LogP contribution in [0.25, 0.3) is 0 Å². The first-order valence-corrected chi connectivity index (χ1v) is 6.12. The lowest BCUT2D eigenvalue weighted by molar-refractivity contribution is 0.0731. The highest BCUT2D eigenvalue weighted by atomic mass is 16.2. The lowest BCUT2D eigenvalue weighted by Crippen LogP contribution is -2.36. The number of carbonyl (C=O) groups excluding carboxylic acids is 1. The third-order valence-electron chi connectivity index (χ3n) is 3.44. The third-order valence-corrected chi connectivity index (χ3v) is 3.44. The van der Waals surface area contributed by atoms with Gasteiger partial charge in [-0.1, -0.05) is 18.2 Å². The Labute approximate surface area is 106 Å². The Hall–Kier alpha value is -2.10. The molecule has 0 radical (unpaired) electrons. The van der Waals surface area contributed by atoms with E-state index in [1.807, 2.05) is 36.1 Å². The molecule has 92 valence electrons. The first kappa shape index (κ1) is 11.0. The summed E-state index contributed by atoms with van der Waals surface area (Å²) >= 11 is 0. The molecule has 1 N–H and O–H groups in total. The molecule has 18 heavy (non-hydrogen) atoms. The van der Waals surface area contributed by atoms with Gasteiger partial charge in [-0.05, 0) is 18.6 Å². The Bertz CT molecular complexity index is 588. The molecule has 0 fully saturated rings. The van der Waals surface area contributed by atoms with E-state index >= 15 is 0 Å². The average Bonchev–Trinajstić information content (AvgIpc) is 2.85. The maximum absolute atomic E-state index is 12.4. The molecule has 0 spiro atoms. The van der Waals surface area contributed by atoms with Gasteiger partial charge in [0.05, 0.1) is 24.3 Å². The van der Waals surface area contributed by atoms with Gasteiger partial charge in [-0.3, -0.25) is 4.79 Å². The molecule has 1 aliphatic rings. The van der Waals surface area contributed by atoms with Crippen LogP contribution in [0.15, 0.2) is 30.6 Å². The van der Waals surface area contributed by atoms with Crippen molar-refractivity contribution in [2.45, 2.75) is 19.9 Å². The van der Waals surface area contributed by atoms with E-state index in [9.17, 15) is 4.79 Å². The number of nitrogens with zero attached hydrogens (tertiary/aromatic N) is 2. The molecule has 2 heterocycles. The second kappa shape index (κ2) is 4.29. The van der Waals surface area contributed by atoms with E-state index < -0.39 is 0 Å². The van der Waals surface area contributed by atoms with Gasteiger partial charge >= 0.3 is 0 Å². The van der Waals surface area contributed by atoms with E-state index in [-0.39, 0.29) is 5.91 Å². The predicted molar refractivity (Wildman–Crippen MR) is 68.2 cm³/mol. The molecular formula is C14H15N3O. The minimum absolute atomic E-state index is 0.105. The molecule has 2 aromatic rings. The molecule has 4 heteroatoms. The van der Waals surface area contributed by atoms with Crippen LogP contribution < -0.4 is 0 Å². The smallest absolute Gasteiger partial charge is 0.254 e.